The highest BCUT2D eigenvalue weighted by atomic mass is 31.2. The number of hydrogen-bond donors (Lipinski definition) is 1. The Balaban J connectivity index is 2.64. The molecule has 1 aromatic carbocycles. The van der Waals surface area contributed by atoms with Crippen LogP contribution in [0, 0.1) is 5.92 Å². The van der Waals surface area contributed by atoms with E-state index in [4.69, 9.17) is 9.05 Å². The van der Waals surface area contributed by atoms with Crippen LogP contribution in [-0.4, -0.2) is 30.2 Å². The lowest BCUT2D eigenvalue weighted by atomic mass is 9.99. The number of H-pyrrole nitrogens is 1. The van der Waals surface area contributed by atoms with Gasteiger partial charge in [-0.3, -0.25) is 14.5 Å². The van der Waals surface area contributed by atoms with Crippen molar-refractivity contribution in [1.29, 1.82) is 0 Å². The smallest absolute Gasteiger partial charge is 0.308 e. The van der Waals surface area contributed by atoms with Gasteiger partial charge in [0.15, 0.2) is 11.2 Å². The van der Waals surface area contributed by atoms with Crippen molar-refractivity contribution in [3.05, 3.63) is 36.0 Å². The van der Waals surface area contributed by atoms with Crippen molar-refractivity contribution >= 4 is 18.8 Å². The predicted molar refractivity (Wildman–Crippen MR) is 89.1 cm³/mol. The first-order valence-corrected chi connectivity index (χ1v) is 8.86. The number of carbonyl (C=O) groups excluding carboxylic acids is 1. The Bertz CT molecular complexity index is 717. The minimum absolute atomic E-state index is 0.111. The van der Waals surface area contributed by atoms with Crippen LogP contribution in [0.15, 0.2) is 30.3 Å². The molecule has 0 fully saturated rings. The lowest BCUT2D eigenvalue weighted by Gasteiger charge is -2.14. The molecule has 0 bridgehead atoms. The van der Waals surface area contributed by atoms with E-state index in [1.807, 2.05) is 44.2 Å². The van der Waals surface area contributed by atoms with E-state index in [-0.39, 0.29) is 22.8 Å². The highest BCUT2D eigenvalue weighted by molar-refractivity contribution is 7.62. The molecule has 0 saturated carbocycles. The van der Waals surface area contributed by atoms with Gasteiger partial charge in [0.1, 0.15) is 5.69 Å². The Kier molecular flexibility index (Phi) is 5.52. The quantitative estimate of drug-likeness (QED) is 0.619. The van der Waals surface area contributed by atoms with Crippen molar-refractivity contribution < 1.29 is 18.4 Å². The third-order valence-electron chi connectivity index (χ3n) is 3.42. The van der Waals surface area contributed by atoms with E-state index in [1.54, 1.807) is 0 Å². The second kappa shape index (κ2) is 7.21. The van der Waals surface area contributed by atoms with Crippen molar-refractivity contribution in [2.45, 2.75) is 20.3 Å². The normalized spacial score (nSPS) is 11.9. The number of Topliss-reactive ketones (excluding diaryl/α,β-unsaturated/α-hetero) is 1. The van der Waals surface area contributed by atoms with E-state index in [0.717, 1.165) is 5.56 Å². The summed E-state index contributed by atoms with van der Waals surface area (Å²) >= 11 is 0. The molecule has 2 aromatic rings. The molecule has 0 aliphatic carbocycles. The molecule has 6 nitrogen and oxygen atoms in total. The highest BCUT2D eigenvalue weighted by Crippen LogP contribution is 2.47. The summed E-state index contributed by atoms with van der Waals surface area (Å²) in [4.78, 5) is 12.5. The summed E-state index contributed by atoms with van der Waals surface area (Å²) in [6.45, 7) is 3.92. The Hall–Kier alpha value is -1.75. The lowest BCUT2D eigenvalue weighted by Crippen LogP contribution is -2.13. The molecule has 124 valence electrons. The average Bonchev–Trinajstić information content (AvgIpc) is 3.00. The number of aromatic nitrogens is 2. The first-order valence-electron chi connectivity index (χ1n) is 7.32. The molecule has 0 unspecified atom stereocenters. The molecule has 0 spiro atoms. The summed E-state index contributed by atoms with van der Waals surface area (Å²) in [6.07, 6.45) is 0.356. The van der Waals surface area contributed by atoms with Gasteiger partial charge in [-0.15, -0.1) is 0 Å². The number of aromatic amines is 1. The molecule has 23 heavy (non-hydrogen) atoms. The van der Waals surface area contributed by atoms with Crippen LogP contribution in [0.4, 0.5) is 0 Å². The fraction of sp³-hybridized carbons (Fsp3) is 0.375. The molecule has 0 radical (unpaired) electrons. The SMILES string of the molecule is COP(=O)(OC)c1[nH]nc(C(=O)CC(C)C)c1-c1ccccc1. The summed E-state index contributed by atoms with van der Waals surface area (Å²) in [5.74, 6) is 0.0861. The predicted octanol–water partition coefficient (Wildman–Crippen LogP) is 3.42. The number of carbonyl (C=O) groups is 1. The van der Waals surface area contributed by atoms with E-state index in [9.17, 15) is 9.36 Å². The van der Waals surface area contributed by atoms with Gasteiger partial charge in [-0.1, -0.05) is 44.2 Å². The van der Waals surface area contributed by atoms with E-state index >= 15 is 0 Å². The molecule has 0 saturated heterocycles. The maximum absolute atomic E-state index is 12.8. The van der Waals surface area contributed by atoms with E-state index in [1.165, 1.54) is 14.2 Å². The number of benzene rings is 1. The molecule has 2 rings (SSSR count). The van der Waals surface area contributed by atoms with Crippen molar-refractivity contribution in [2.24, 2.45) is 5.92 Å². The molecule has 0 amide bonds. The van der Waals surface area contributed by atoms with Gasteiger partial charge in [0.05, 0.1) is 0 Å². The number of nitrogens with one attached hydrogen (secondary N) is 1. The van der Waals surface area contributed by atoms with Crippen LogP contribution >= 0.6 is 7.60 Å². The minimum Gasteiger partial charge on any atom is -0.308 e. The van der Waals surface area contributed by atoms with Gasteiger partial charge >= 0.3 is 7.60 Å². The lowest BCUT2D eigenvalue weighted by molar-refractivity contribution is 0.0963. The van der Waals surface area contributed by atoms with Crippen LogP contribution in [0.25, 0.3) is 11.1 Å². The Morgan fingerprint density at radius 1 is 1.22 bits per heavy atom. The summed E-state index contributed by atoms with van der Waals surface area (Å²) in [5.41, 5.74) is 1.66. The molecular formula is C16H21N2O4P. The standard InChI is InChI=1S/C16H21N2O4P/c1-11(2)10-13(19)15-14(12-8-6-5-7-9-12)16(18-17-15)23(20,21-3)22-4/h5-9,11H,10H2,1-4H3,(H,17,18). The van der Waals surface area contributed by atoms with Crippen molar-refractivity contribution in [1.82, 2.24) is 10.2 Å². The van der Waals surface area contributed by atoms with Gasteiger partial charge in [0, 0.05) is 26.2 Å². The second-order valence-electron chi connectivity index (χ2n) is 5.55. The van der Waals surface area contributed by atoms with Crippen LogP contribution in [0.3, 0.4) is 0 Å². The van der Waals surface area contributed by atoms with Gasteiger partial charge in [-0.25, -0.2) is 0 Å². The van der Waals surface area contributed by atoms with E-state index < -0.39 is 7.60 Å². The summed E-state index contributed by atoms with van der Waals surface area (Å²) in [7, 11) is -0.958. The minimum atomic E-state index is -3.56. The summed E-state index contributed by atoms with van der Waals surface area (Å²) in [6, 6.07) is 9.21. The number of ketones is 1. The van der Waals surface area contributed by atoms with Gasteiger partial charge in [0.25, 0.3) is 0 Å². The number of hydrogen-bond acceptors (Lipinski definition) is 5. The highest BCUT2D eigenvalue weighted by Gasteiger charge is 2.34. The van der Waals surface area contributed by atoms with Crippen LogP contribution in [0.1, 0.15) is 30.8 Å². The molecule has 1 heterocycles. The zero-order valence-electron chi connectivity index (χ0n) is 13.7. The zero-order chi connectivity index (χ0) is 17.0. The van der Waals surface area contributed by atoms with Gasteiger partial charge in [0.2, 0.25) is 0 Å². The molecular weight excluding hydrogens is 315 g/mol. The summed E-state index contributed by atoms with van der Waals surface area (Å²) in [5, 5.41) is 6.79. The van der Waals surface area contributed by atoms with Crippen LogP contribution in [0.5, 0.6) is 0 Å². The van der Waals surface area contributed by atoms with Crippen LogP contribution in [-0.2, 0) is 13.6 Å². The van der Waals surface area contributed by atoms with Gasteiger partial charge in [-0.2, -0.15) is 5.10 Å². The molecule has 1 N–H and O–H groups in total. The van der Waals surface area contributed by atoms with E-state index in [2.05, 4.69) is 10.2 Å². The monoisotopic (exact) mass is 336 g/mol. The Morgan fingerprint density at radius 2 is 1.83 bits per heavy atom. The first-order chi connectivity index (χ1) is 10.9. The zero-order valence-corrected chi connectivity index (χ0v) is 14.6. The summed E-state index contributed by atoms with van der Waals surface area (Å²) < 4.78 is 22.9. The average molecular weight is 336 g/mol. The largest absolute Gasteiger partial charge is 0.379 e. The maximum Gasteiger partial charge on any atom is 0.379 e. The maximum atomic E-state index is 12.8. The molecule has 7 heteroatoms. The Labute approximate surface area is 135 Å². The topological polar surface area (TPSA) is 81.3 Å². The fourth-order valence-electron chi connectivity index (χ4n) is 2.34. The molecule has 1 aromatic heterocycles. The van der Waals surface area contributed by atoms with Crippen LogP contribution < -0.4 is 5.44 Å². The first kappa shape index (κ1) is 17.6. The molecule has 0 atom stereocenters. The second-order valence-corrected chi connectivity index (χ2v) is 7.72. The van der Waals surface area contributed by atoms with Crippen molar-refractivity contribution in [2.75, 3.05) is 14.2 Å². The number of nitrogens with zero attached hydrogens (tertiary/aromatic N) is 1. The van der Waals surface area contributed by atoms with Crippen LogP contribution in [0.2, 0.25) is 0 Å². The molecule has 0 aliphatic heterocycles. The number of rotatable bonds is 7. The third kappa shape index (κ3) is 3.61. The van der Waals surface area contributed by atoms with Crippen molar-refractivity contribution in [3.8, 4) is 11.1 Å². The van der Waals surface area contributed by atoms with Gasteiger partial charge in [-0.05, 0) is 11.5 Å². The van der Waals surface area contributed by atoms with Crippen molar-refractivity contribution in [3.63, 3.8) is 0 Å². The third-order valence-corrected chi connectivity index (χ3v) is 5.25. The Morgan fingerprint density at radius 3 is 2.35 bits per heavy atom. The molecule has 0 aliphatic rings. The fourth-order valence-corrected chi connectivity index (χ4v) is 3.53. The van der Waals surface area contributed by atoms with E-state index in [0.29, 0.717) is 12.0 Å². The van der Waals surface area contributed by atoms with Gasteiger partial charge < -0.3 is 9.05 Å².